The number of benzene rings is 2. The van der Waals surface area contributed by atoms with Crippen LogP contribution in [0.1, 0.15) is 30.0 Å². The van der Waals surface area contributed by atoms with Crippen LogP contribution in [0.5, 0.6) is 5.75 Å². The predicted octanol–water partition coefficient (Wildman–Crippen LogP) is 4.92. The third-order valence-corrected chi connectivity index (χ3v) is 5.91. The monoisotopic (exact) mass is 449 g/mol. The van der Waals surface area contributed by atoms with E-state index in [1.807, 2.05) is 29.2 Å². The van der Waals surface area contributed by atoms with Crippen LogP contribution in [0.15, 0.2) is 42.5 Å². The molecule has 32 heavy (non-hydrogen) atoms. The molecule has 2 fully saturated rings. The molecular weight excluding hydrogens is 423 g/mol. The zero-order chi connectivity index (χ0) is 22.7. The molecule has 0 aromatic heterocycles. The van der Waals surface area contributed by atoms with Gasteiger partial charge in [0.25, 0.3) is 0 Å². The Hall–Kier alpha value is -2.94. The van der Waals surface area contributed by atoms with Gasteiger partial charge in [-0.1, -0.05) is 12.1 Å². The van der Waals surface area contributed by atoms with E-state index < -0.39 is 17.8 Å². The van der Waals surface area contributed by atoms with Gasteiger partial charge in [-0.05, 0) is 48.7 Å². The number of morpholine rings is 1. The second-order valence-corrected chi connectivity index (χ2v) is 7.89. The number of methoxy groups -OCH3 is 1. The second-order valence-electron chi connectivity index (χ2n) is 7.89. The quantitative estimate of drug-likeness (QED) is 0.720. The smallest absolute Gasteiger partial charge is 0.416 e. The molecule has 0 saturated carbocycles. The number of nitrogens with one attached hydrogen (secondary N) is 1. The third kappa shape index (κ3) is 4.77. The SMILES string of the molecule is COc1cccc(C2CCCN2C(=O)Nc2cc(C(F)(F)F)ccc2N2CCOCC2)c1. The zero-order valence-electron chi connectivity index (χ0n) is 17.8. The minimum atomic E-state index is -4.50. The summed E-state index contributed by atoms with van der Waals surface area (Å²) in [6, 6.07) is 10.4. The molecule has 2 aliphatic heterocycles. The highest BCUT2D eigenvalue weighted by Gasteiger charge is 2.34. The molecule has 2 saturated heterocycles. The van der Waals surface area contributed by atoms with Gasteiger partial charge in [0.05, 0.1) is 43.3 Å². The van der Waals surface area contributed by atoms with E-state index in [4.69, 9.17) is 9.47 Å². The van der Waals surface area contributed by atoms with Crippen molar-refractivity contribution in [2.24, 2.45) is 0 Å². The standard InChI is InChI=1S/C23H26F3N3O3/c1-31-18-5-2-4-16(14-18)20-6-3-9-29(20)22(30)27-19-15-17(23(24,25)26)7-8-21(19)28-10-12-32-13-11-28/h2,4-5,7-8,14-15,20H,3,6,9-13H2,1H3,(H,27,30). The first-order chi connectivity index (χ1) is 15.4. The summed E-state index contributed by atoms with van der Waals surface area (Å²) in [5.41, 5.74) is 0.861. The summed E-state index contributed by atoms with van der Waals surface area (Å²) in [7, 11) is 1.58. The van der Waals surface area contributed by atoms with Gasteiger partial charge in [0.2, 0.25) is 0 Å². The number of urea groups is 1. The number of amides is 2. The van der Waals surface area contributed by atoms with Gasteiger partial charge in [0.1, 0.15) is 5.75 Å². The Morgan fingerprint density at radius 1 is 1.12 bits per heavy atom. The van der Waals surface area contributed by atoms with Crippen molar-refractivity contribution in [1.82, 2.24) is 4.90 Å². The molecule has 6 nitrogen and oxygen atoms in total. The number of hydrogen-bond donors (Lipinski definition) is 1. The highest BCUT2D eigenvalue weighted by molar-refractivity contribution is 5.94. The molecule has 1 N–H and O–H groups in total. The predicted molar refractivity (Wildman–Crippen MR) is 115 cm³/mol. The van der Waals surface area contributed by atoms with E-state index >= 15 is 0 Å². The van der Waals surface area contributed by atoms with Gasteiger partial charge in [0.15, 0.2) is 0 Å². The summed E-state index contributed by atoms with van der Waals surface area (Å²) >= 11 is 0. The van der Waals surface area contributed by atoms with Crippen LogP contribution in [0.25, 0.3) is 0 Å². The fraction of sp³-hybridized carbons (Fsp3) is 0.435. The van der Waals surface area contributed by atoms with Gasteiger partial charge in [0, 0.05) is 19.6 Å². The molecule has 2 aromatic carbocycles. The summed E-state index contributed by atoms with van der Waals surface area (Å²) in [6.45, 7) is 2.59. The van der Waals surface area contributed by atoms with Gasteiger partial charge in [-0.3, -0.25) is 0 Å². The number of anilines is 2. The molecule has 1 unspecified atom stereocenters. The number of carbonyl (C=O) groups is 1. The van der Waals surface area contributed by atoms with Crippen LogP contribution in [0, 0.1) is 0 Å². The molecule has 2 aliphatic rings. The van der Waals surface area contributed by atoms with Crippen LogP contribution in [0.2, 0.25) is 0 Å². The molecule has 0 bridgehead atoms. The van der Waals surface area contributed by atoms with E-state index in [-0.39, 0.29) is 11.7 Å². The first kappa shape index (κ1) is 22.3. The van der Waals surface area contributed by atoms with E-state index in [9.17, 15) is 18.0 Å². The van der Waals surface area contributed by atoms with Crippen molar-refractivity contribution in [3.05, 3.63) is 53.6 Å². The Bertz CT molecular complexity index is 961. The number of ether oxygens (including phenoxy) is 2. The summed E-state index contributed by atoms with van der Waals surface area (Å²) in [5, 5.41) is 2.76. The van der Waals surface area contributed by atoms with Crippen molar-refractivity contribution in [3.63, 3.8) is 0 Å². The molecular formula is C23H26F3N3O3. The van der Waals surface area contributed by atoms with Crippen LogP contribution >= 0.6 is 0 Å². The third-order valence-electron chi connectivity index (χ3n) is 5.91. The van der Waals surface area contributed by atoms with Crippen molar-refractivity contribution in [2.75, 3.05) is 50.2 Å². The number of hydrogen-bond acceptors (Lipinski definition) is 4. The molecule has 172 valence electrons. The number of alkyl halides is 3. The molecule has 1 atom stereocenters. The molecule has 0 aliphatic carbocycles. The van der Waals surface area contributed by atoms with E-state index in [0.29, 0.717) is 44.3 Å². The first-order valence-electron chi connectivity index (χ1n) is 10.6. The van der Waals surface area contributed by atoms with Crippen LogP contribution < -0.4 is 15.0 Å². The van der Waals surface area contributed by atoms with Gasteiger partial charge in [-0.2, -0.15) is 13.2 Å². The molecule has 0 spiro atoms. The average molecular weight is 449 g/mol. The topological polar surface area (TPSA) is 54.0 Å². The minimum Gasteiger partial charge on any atom is -0.497 e. The van der Waals surface area contributed by atoms with E-state index in [0.717, 1.165) is 30.5 Å². The van der Waals surface area contributed by atoms with Crippen LogP contribution in [0.3, 0.4) is 0 Å². The van der Waals surface area contributed by atoms with Crippen molar-refractivity contribution in [2.45, 2.75) is 25.1 Å². The zero-order valence-corrected chi connectivity index (χ0v) is 17.8. The summed E-state index contributed by atoms with van der Waals surface area (Å²) in [4.78, 5) is 16.8. The largest absolute Gasteiger partial charge is 0.497 e. The van der Waals surface area contributed by atoms with Crippen molar-refractivity contribution < 1.29 is 27.4 Å². The van der Waals surface area contributed by atoms with E-state index in [2.05, 4.69) is 5.32 Å². The fourth-order valence-electron chi connectivity index (χ4n) is 4.28. The Morgan fingerprint density at radius 3 is 2.62 bits per heavy atom. The lowest BCUT2D eigenvalue weighted by Crippen LogP contribution is -2.38. The Balaban J connectivity index is 1.60. The van der Waals surface area contributed by atoms with Gasteiger partial charge in [-0.15, -0.1) is 0 Å². The number of carbonyl (C=O) groups excluding carboxylic acids is 1. The van der Waals surface area contributed by atoms with E-state index in [1.54, 1.807) is 12.0 Å². The molecule has 2 aromatic rings. The molecule has 2 amide bonds. The fourth-order valence-corrected chi connectivity index (χ4v) is 4.28. The van der Waals surface area contributed by atoms with Gasteiger partial charge in [-0.25, -0.2) is 4.79 Å². The van der Waals surface area contributed by atoms with Gasteiger partial charge < -0.3 is 24.6 Å². The lowest BCUT2D eigenvalue weighted by Gasteiger charge is -2.32. The average Bonchev–Trinajstić information content (AvgIpc) is 3.29. The summed E-state index contributed by atoms with van der Waals surface area (Å²) < 4.78 is 50.7. The second kappa shape index (κ2) is 9.28. The van der Waals surface area contributed by atoms with E-state index in [1.165, 1.54) is 6.07 Å². The minimum absolute atomic E-state index is 0.156. The molecule has 2 heterocycles. The molecule has 4 rings (SSSR count). The maximum atomic E-state index is 13.4. The Kier molecular flexibility index (Phi) is 6.45. The summed E-state index contributed by atoms with van der Waals surface area (Å²) in [6.07, 6.45) is -2.91. The maximum Gasteiger partial charge on any atom is 0.416 e. The summed E-state index contributed by atoms with van der Waals surface area (Å²) in [5.74, 6) is 0.697. The maximum absolute atomic E-state index is 13.4. The first-order valence-corrected chi connectivity index (χ1v) is 10.6. The van der Waals surface area contributed by atoms with Crippen molar-refractivity contribution in [3.8, 4) is 5.75 Å². The highest BCUT2D eigenvalue weighted by atomic mass is 19.4. The lowest BCUT2D eigenvalue weighted by atomic mass is 10.0. The van der Waals surface area contributed by atoms with Crippen LogP contribution in [-0.2, 0) is 10.9 Å². The highest BCUT2D eigenvalue weighted by Crippen LogP contribution is 2.38. The number of halogens is 3. The Labute approximate surface area is 184 Å². The molecule has 9 heteroatoms. The van der Waals surface area contributed by atoms with Crippen molar-refractivity contribution >= 4 is 17.4 Å². The van der Waals surface area contributed by atoms with Crippen LogP contribution in [-0.4, -0.2) is 50.9 Å². The molecule has 0 radical (unpaired) electrons. The van der Waals surface area contributed by atoms with Gasteiger partial charge >= 0.3 is 12.2 Å². The number of nitrogens with zero attached hydrogens (tertiary/aromatic N) is 2. The lowest BCUT2D eigenvalue weighted by molar-refractivity contribution is -0.137. The van der Waals surface area contributed by atoms with Crippen LogP contribution in [0.4, 0.5) is 29.3 Å². The normalized spacial score (nSPS) is 19.2. The number of likely N-dealkylation sites (tertiary alicyclic amines) is 1. The van der Waals surface area contributed by atoms with Crippen molar-refractivity contribution in [1.29, 1.82) is 0 Å². The Morgan fingerprint density at radius 2 is 1.91 bits per heavy atom. The number of rotatable bonds is 4.